The Labute approximate surface area is 164 Å². The van der Waals surface area contributed by atoms with Crippen LogP contribution < -0.4 is 4.74 Å². The van der Waals surface area contributed by atoms with Crippen LogP contribution in [0.4, 0.5) is 0 Å². The zero-order chi connectivity index (χ0) is 20.2. The minimum Gasteiger partial charge on any atom is -0.492 e. The van der Waals surface area contributed by atoms with Crippen LogP contribution in [0.25, 0.3) is 0 Å². The molecule has 6 nitrogen and oxygen atoms in total. The summed E-state index contributed by atoms with van der Waals surface area (Å²) in [5.74, 6) is -1.49. The van der Waals surface area contributed by atoms with Gasteiger partial charge in [-0.2, -0.15) is 0 Å². The van der Waals surface area contributed by atoms with Crippen molar-refractivity contribution in [2.75, 3.05) is 26.2 Å². The standard InChI is InChI=1S/C18H21NO.C4H4O4/c1-2-7-16(8-3-1)15-17-9-4-5-10-18(17)20-14-13-19-11-6-12-19;5-3(6)1-2-4(7)8/h1-5,7-10H,6,11-15H2;1-2H,(H,5,6)(H,7,8)/b;2-1+. The molecule has 0 amide bonds. The van der Waals surface area contributed by atoms with Crippen molar-refractivity contribution in [3.05, 3.63) is 77.9 Å². The third-order valence-electron chi connectivity index (χ3n) is 4.19. The Kier molecular flexibility index (Phi) is 8.75. The van der Waals surface area contributed by atoms with Crippen LogP contribution in [0.5, 0.6) is 5.75 Å². The Balaban J connectivity index is 0.000000300. The lowest BCUT2D eigenvalue weighted by Gasteiger charge is -2.30. The molecule has 0 bridgehead atoms. The second-order valence-corrected chi connectivity index (χ2v) is 6.32. The van der Waals surface area contributed by atoms with Crippen molar-refractivity contribution in [3.63, 3.8) is 0 Å². The fourth-order valence-electron chi connectivity index (χ4n) is 2.64. The maximum Gasteiger partial charge on any atom is 0.328 e. The summed E-state index contributed by atoms with van der Waals surface area (Å²) in [6.45, 7) is 4.29. The van der Waals surface area contributed by atoms with Gasteiger partial charge in [0, 0.05) is 25.1 Å². The topological polar surface area (TPSA) is 87.1 Å². The Morgan fingerprint density at radius 3 is 2.11 bits per heavy atom. The third-order valence-corrected chi connectivity index (χ3v) is 4.19. The minimum absolute atomic E-state index is 0.558. The summed E-state index contributed by atoms with van der Waals surface area (Å²) < 4.78 is 5.97. The van der Waals surface area contributed by atoms with Crippen LogP contribution in [0.1, 0.15) is 17.5 Å². The van der Waals surface area contributed by atoms with Gasteiger partial charge in [0.05, 0.1) is 0 Å². The number of benzene rings is 2. The Bertz CT molecular complexity index is 769. The van der Waals surface area contributed by atoms with Gasteiger partial charge < -0.3 is 14.9 Å². The number of carboxylic acid groups (broad SMARTS) is 2. The zero-order valence-corrected chi connectivity index (χ0v) is 15.7. The predicted octanol–water partition coefficient (Wildman–Crippen LogP) is 3.07. The van der Waals surface area contributed by atoms with Crippen LogP contribution >= 0.6 is 0 Å². The second-order valence-electron chi connectivity index (χ2n) is 6.32. The van der Waals surface area contributed by atoms with Crippen molar-refractivity contribution < 1.29 is 24.5 Å². The molecule has 0 aromatic heterocycles. The third kappa shape index (κ3) is 8.05. The van der Waals surface area contributed by atoms with E-state index in [1.807, 2.05) is 6.07 Å². The van der Waals surface area contributed by atoms with Crippen molar-refractivity contribution in [2.24, 2.45) is 0 Å². The fraction of sp³-hybridized carbons (Fsp3) is 0.273. The van der Waals surface area contributed by atoms with E-state index in [4.69, 9.17) is 14.9 Å². The van der Waals surface area contributed by atoms with Crippen LogP contribution in [0, 0.1) is 0 Å². The summed E-state index contributed by atoms with van der Waals surface area (Å²) in [6.07, 6.45) is 3.38. The number of rotatable bonds is 8. The highest BCUT2D eigenvalue weighted by molar-refractivity contribution is 5.89. The zero-order valence-electron chi connectivity index (χ0n) is 15.7. The first-order valence-electron chi connectivity index (χ1n) is 9.15. The number of hydrogen-bond donors (Lipinski definition) is 2. The lowest BCUT2D eigenvalue weighted by molar-refractivity contribution is -0.134. The Morgan fingerprint density at radius 2 is 1.54 bits per heavy atom. The first kappa shape index (κ1) is 21.2. The van der Waals surface area contributed by atoms with Gasteiger partial charge in [0.2, 0.25) is 0 Å². The van der Waals surface area contributed by atoms with E-state index in [0.29, 0.717) is 12.2 Å². The summed E-state index contributed by atoms with van der Waals surface area (Å²) in [4.78, 5) is 21.5. The number of carboxylic acids is 2. The predicted molar refractivity (Wildman–Crippen MR) is 107 cm³/mol. The SMILES string of the molecule is O=C(O)/C=C/C(=O)O.c1ccc(Cc2ccccc2OCCN2CCC2)cc1. The molecule has 0 atom stereocenters. The number of hydrogen-bond acceptors (Lipinski definition) is 4. The van der Waals surface area contributed by atoms with E-state index in [1.54, 1.807) is 0 Å². The molecule has 0 saturated carbocycles. The molecule has 2 aromatic rings. The molecular formula is C22H25NO5. The average Bonchev–Trinajstić information content (AvgIpc) is 2.65. The fourth-order valence-corrected chi connectivity index (χ4v) is 2.64. The first-order chi connectivity index (χ1) is 13.5. The summed E-state index contributed by atoms with van der Waals surface area (Å²) in [5, 5.41) is 15.6. The van der Waals surface area contributed by atoms with Gasteiger partial charge >= 0.3 is 11.9 Å². The van der Waals surface area contributed by atoms with Crippen molar-refractivity contribution >= 4 is 11.9 Å². The summed E-state index contributed by atoms with van der Waals surface area (Å²) in [7, 11) is 0. The minimum atomic E-state index is -1.26. The monoisotopic (exact) mass is 383 g/mol. The van der Waals surface area contributed by atoms with Gasteiger partial charge in [0.25, 0.3) is 0 Å². The molecule has 1 aliphatic heterocycles. The van der Waals surface area contributed by atoms with Gasteiger partial charge in [-0.1, -0.05) is 48.5 Å². The molecule has 0 unspecified atom stereocenters. The molecule has 3 rings (SSSR count). The summed E-state index contributed by atoms with van der Waals surface area (Å²) in [6, 6.07) is 18.9. The summed E-state index contributed by atoms with van der Waals surface area (Å²) >= 11 is 0. The van der Waals surface area contributed by atoms with Crippen LogP contribution in [0.15, 0.2) is 66.7 Å². The number of carbonyl (C=O) groups is 2. The number of aliphatic carboxylic acids is 2. The van der Waals surface area contributed by atoms with Crippen LogP contribution in [0.2, 0.25) is 0 Å². The largest absolute Gasteiger partial charge is 0.492 e. The second kappa shape index (κ2) is 11.6. The smallest absolute Gasteiger partial charge is 0.328 e. The summed E-state index contributed by atoms with van der Waals surface area (Å²) in [5.41, 5.74) is 2.59. The lowest BCUT2D eigenvalue weighted by Crippen LogP contribution is -2.39. The molecule has 28 heavy (non-hydrogen) atoms. The van der Waals surface area contributed by atoms with Gasteiger partial charge in [-0.05, 0) is 36.7 Å². The van der Waals surface area contributed by atoms with E-state index in [-0.39, 0.29) is 0 Å². The van der Waals surface area contributed by atoms with Gasteiger partial charge in [-0.3, -0.25) is 4.90 Å². The van der Waals surface area contributed by atoms with Gasteiger partial charge in [-0.15, -0.1) is 0 Å². The maximum absolute atomic E-state index is 9.55. The van der Waals surface area contributed by atoms with Crippen LogP contribution in [-0.4, -0.2) is 53.3 Å². The molecule has 6 heteroatoms. The van der Waals surface area contributed by atoms with Crippen molar-refractivity contribution in [2.45, 2.75) is 12.8 Å². The van der Waals surface area contributed by atoms with Gasteiger partial charge in [-0.25, -0.2) is 9.59 Å². The van der Waals surface area contributed by atoms with E-state index in [1.165, 1.54) is 30.6 Å². The molecule has 1 heterocycles. The highest BCUT2D eigenvalue weighted by Crippen LogP contribution is 2.21. The quantitative estimate of drug-likeness (QED) is 0.681. The average molecular weight is 383 g/mol. The van der Waals surface area contributed by atoms with E-state index < -0.39 is 11.9 Å². The molecule has 0 spiro atoms. The molecule has 0 aliphatic carbocycles. The normalized spacial score (nSPS) is 13.3. The lowest BCUT2D eigenvalue weighted by atomic mass is 10.0. The first-order valence-corrected chi connectivity index (χ1v) is 9.15. The van der Waals surface area contributed by atoms with Gasteiger partial charge in [0.1, 0.15) is 12.4 Å². The van der Waals surface area contributed by atoms with E-state index in [9.17, 15) is 9.59 Å². The molecular weight excluding hydrogens is 358 g/mol. The Hall–Kier alpha value is -3.12. The number of ether oxygens (including phenoxy) is 1. The molecule has 0 radical (unpaired) electrons. The van der Waals surface area contributed by atoms with E-state index in [2.05, 4.69) is 53.4 Å². The molecule has 148 valence electrons. The molecule has 2 aromatic carbocycles. The van der Waals surface area contributed by atoms with Crippen LogP contribution in [0.3, 0.4) is 0 Å². The van der Waals surface area contributed by atoms with Crippen LogP contribution in [-0.2, 0) is 16.0 Å². The van der Waals surface area contributed by atoms with E-state index >= 15 is 0 Å². The molecule has 2 N–H and O–H groups in total. The number of para-hydroxylation sites is 1. The van der Waals surface area contributed by atoms with Crippen molar-refractivity contribution in [1.82, 2.24) is 4.90 Å². The maximum atomic E-state index is 9.55. The number of nitrogens with zero attached hydrogens (tertiary/aromatic N) is 1. The Morgan fingerprint density at radius 1 is 0.929 bits per heavy atom. The molecule has 1 saturated heterocycles. The highest BCUT2D eigenvalue weighted by Gasteiger charge is 2.13. The van der Waals surface area contributed by atoms with E-state index in [0.717, 1.165) is 25.3 Å². The van der Waals surface area contributed by atoms with Crippen molar-refractivity contribution in [3.8, 4) is 5.75 Å². The van der Waals surface area contributed by atoms with Crippen molar-refractivity contribution in [1.29, 1.82) is 0 Å². The van der Waals surface area contributed by atoms with Gasteiger partial charge in [0.15, 0.2) is 0 Å². The molecule has 1 aliphatic rings. The highest BCUT2D eigenvalue weighted by atomic mass is 16.5. The molecule has 1 fully saturated rings. The number of likely N-dealkylation sites (tertiary alicyclic amines) is 1.